The number of hydrogen-bond donors (Lipinski definition) is 2. The van der Waals surface area contributed by atoms with Crippen molar-refractivity contribution in [1.29, 1.82) is 0 Å². The second-order valence-corrected chi connectivity index (χ2v) is 7.13. The van der Waals surface area contributed by atoms with E-state index in [0.717, 1.165) is 18.1 Å². The van der Waals surface area contributed by atoms with Crippen LogP contribution < -0.4 is 24.8 Å². The van der Waals surface area contributed by atoms with Crippen LogP contribution in [0.3, 0.4) is 0 Å². The molecule has 0 amide bonds. The third-order valence-corrected chi connectivity index (χ3v) is 5.42. The second kappa shape index (κ2) is 11.9. The van der Waals surface area contributed by atoms with Crippen LogP contribution in [0.15, 0.2) is 41.4 Å². The highest BCUT2D eigenvalue weighted by Crippen LogP contribution is 2.38. The summed E-state index contributed by atoms with van der Waals surface area (Å²) in [5.74, 6) is 3.18. The monoisotopic (exact) mass is 525 g/mol. The summed E-state index contributed by atoms with van der Waals surface area (Å²) in [6.07, 6.45) is 3.62. The molecule has 0 saturated heterocycles. The zero-order valence-electron chi connectivity index (χ0n) is 18.2. The number of halogens is 1. The molecule has 1 unspecified atom stereocenters. The quantitative estimate of drug-likeness (QED) is 0.324. The van der Waals surface area contributed by atoms with E-state index >= 15 is 0 Å². The van der Waals surface area contributed by atoms with Gasteiger partial charge in [0.1, 0.15) is 0 Å². The van der Waals surface area contributed by atoms with E-state index in [1.165, 1.54) is 30.4 Å². The van der Waals surface area contributed by atoms with Gasteiger partial charge in [0.25, 0.3) is 0 Å². The van der Waals surface area contributed by atoms with Gasteiger partial charge in [-0.3, -0.25) is 4.99 Å². The fraction of sp³-hybridized carbons (Fsp3) is 0.435. The molecule has 0 fully saturated rings. The predicted molar refractivity (Wildman–Crippen MR) is 132 cm³/mol. The predicted octanol–water partition coefficient (Wildman–Crippen LogP) is 4.12. The van der Waals surface area contributed by atoms with E-state index in [2.05, 4.69) is 39.9 Å². The normalized spacial score (nSPS) is 15.5. The minimum absolute atomic E-state index is 0. The van der Waals surface area contributed by atoms with Crippen molar-refractivity contribution in [3.63, 3.8) is 0 Å². The molecule has 0 aromatic heterocycles. The van der Waals surface area contributed by atoms with Crippen molar-refractivity contribution in [2.75, 3.05) is 34.9 Å². The number of guanidine groups is 1. The lowest BCUT2D eigenvalue weighted by Crippen LogP contribution is -2.39. The number of ether oxygens (including phenoxy) is 3. The average Bonchev–Trinajstić information content (AvgIpc) is 2.78. The topological polar surface area (TPSA) is 64.1 Å². The van der Waals surface area contributed by atoms with Crippen LogP contribution in [0.5, 0.6) is 17.2 Å². The maximum absolute atomic E-state index is 5.43. The first-order chi connectivity index (χ1) is 14.2. The van der Waals surface area contributed by atoms with Gasteiger partial charge in [0.15, 0.2) is 17.5 Å². The van der Waals surface area contributed by atoms with Gasteiger partial charge in [-0.2, -0.15) is 0 Å². The number of benzene rings is 2. The first-order valence-corrected chi connectivity index (χ1v) is 10.0. The number of aryl methyl sites for hydroxylation is 1. The van der Waals surface area contributed by atoms with Gasteiger partial charge in [-0.1, -0.05) is 24.3 Å². The fourth-order valence-electron chi connectivity index (χ4n) is 3.93. The Morgan fingerprint density at radius 1 is 1.03 bits per heavy atom. The summed E-state index contributed by atoms with van der Waals surface area (Å²) in [6.45, 7) is 1.46. The molecular formula is C23H32IN3O3. The van der Waals surface area contributed by atoms with E-state index in [1.807, 2.05) is 12.1 Å². The van der Waals surface area contributed by atoms with Gasteiger partial charge in [0.2, 0.25) is 5.75 Å². The van der Waals surface area contributed by atoms with Gasteiger partial charge in [-0.25, -0.2) is 0 Å². The lowest BCUT2D eigenvalue weighted by Gasteiger charge is -2.26. The maximum Gasteiger partial charge on any atom is 0.203 e. The number of rotatable bonds is 7. The van der Waals surface area contributed by atoms with Gasteiger partial charge in [-0.05, 0) is 48.1 Å². The van der Waals surface area contributed by atoms with Crippen molar-refractivity contribution in [3.8, 4) is 17.2 Å². The summed E-state index contributed by atoms with van der Waals surface area (Å²) in [5, 5.41) is 6.86. The van der Waals surface area contributed by atoms with Gasteiger partial charge in [-0.15, -0.1) is 24.0 Å². The van der Waals surface area contributed by atoms with E-state index in [-0.39, 0.29) is 24.0 Å². The Hall–Kier alpha value is -2.16. The SMILES string of the molecule is CN=C(NCc1cc(OC)c(OC)c(OC)c1)NCC1CCCc2ccccc21.I. The summed E-state index contributed by atoms with van der Waals surface area (Å²) < 4.78 is 16.3. The highest BCUT2D eigenvalue weighted by Gasteiger charge is 2.20. The molecule has 2 aromatic rings. The van der Waals surface area contributed by atoms with Gasteiger partial charge in [0.05, 0.1) is 21.3 Å². The van der Waals surface area contributed by atoms with E-state index in [4.69, 9.17) is 14.2 Å². The number of methoxy groups -OCH3 is 3. The Bertz CT molecular complexity index is 832. The molecule has 3 rings (SSSR count). The molecule has 0 aliphatic heterocycles. The standard InChI is InChI=1S/C23H31N3O3.HI/c1-24-23(26-15-18-10-7-9-17-8-5-6-11-19(17)18)25-14-16-12-20(27-2)22(29-4)21(13-16)28-3;/h5-6,8,11-13,18H,7,9-10,14-15H2,1-4H3,(H2,24,25,26);1H. The molecule has 1 aliphatic carbocycles. The van der Waals surface area contributed by atoms with Crippen molar-refractivity contribution in [1.82, 2.24) is 10.6 Å². The average molecular weight is 525 g/mol. The lowest BCUT2D eigenvalue weighted by molar-refractivity contribution is 0.323. The number of nitrogens with one attached hydrogen (secondary N) is 2. The molecule has 0 saturated carbocycles. The number of fused-ring (bicyclic) bond motifs is 1. The van der Waals surface area contributed by atoms with E-state index in [9.17, 15) is 0 Å². The number of aliphatic imine (C=N–C) groups is 1. The molecule has 0 radical (unpaired) electrons. The minimum Gasteiger partial charge on any atom is -0.493 e. The second-order valence-electron chi connectivity index (χ2n) is 7.13. The van der Waals surface area contributed by atoms with Gasteiger partial charge >= 0.3 is 0 Å². The molecule has 0 bridgehead atoms. The Balaban J connectivity index is 0.00000320. The lowest BCUT2D eigenvalue weighted by atomic mass is 9.83. The largest absolute Gasteiger partial charge is 0.493 e. The molecule has 0 spiro atoms. The van der Waals surface area contributed by atoms with Crippen LogP contribution in [0.25, 0.3) is 0 Å². The van der Waals surface area contributed by atoms with Gasteiger partial charge < -0.3 is 24.8 Å². The molecule has 6 nitrogen and oxygen atoms in total. The zero-order chi connectivity index (χ0) is 20.6. The highest BCUT2D eigenvalue weighted by atomic mass is 127. The molecule has 0 heterocycles. The summed E-state index contributed by atoms with van der Waals surface area (Å²) in [5.41, 5.74) is 3.96. The Kier molecular flexibility index (Phi) is 9.55. The Morgan fingerprint density at radius 3 is 2.37 bits per heavy atom. The first kappa shape index (κ1) is 24.1. The van der Waals surface area contributed by atoms with Gasteiger partial charge in [0, 0.05) is 26.1 Å². The third-order valence-electron chi connectivity index (χ3n) is 5.42. The molecule has 30 heavy (non-hydrogen) atoms. The molecule has 2 N–H and O–H groups in total. The van der Waals surface area contributed by atoms with Crippen molar-refractivity contribution >= 4 is 29.9 Å². The van der Waals surface area contributed by atoms with Crippen LogP contribution in [-0.4, -0.2) is 40.9 Å². The summed E-state index contributed by atoms with van der Waals surface area (Å²) >= 11 is 0. The number of nitrogens with zero attached hydrogens (tertiary/aromatic N) is 1. The van der Waals surface area contributed by atoms with Crippen molar-refractivity contribution in [2.45, 2.75) is 31.7 Å². The highest BCUT2D eigenvalue weighted by molar-refractivity contribution is 14.0. The Labute approximate surface area is 196 Å². The Morgan fingerprint density at radius 2 is 1.73 bits per heavy atom. The van der Waals surface area contributed by atoms with Crippen molar-refractivity contribution < 1.29 is 14.2 Å². The van der Waals surface area contributed by atoms with E-state index < -0.39 is 0 Å². The smallest absolute Gasteiger partial charge is 0.203 e. The summed E-state index contributed by atoms with van der Waals surface area (Å²) in [4.78, 5) is 4.37. The number of hydrogen-bond acceptors (Lipinski definition) is 4. The molecular weight excluding hydrogens is 493 g/mol. The summed E-state index contributed by atoms with van der Waals surface area (Å²) in [6, 6.07) is 12.7. The molecule has 164 valence electrons. The van der Waals surface area contributed by atoms with Crippen LogP contribution in [0.2, 0.25) is 0 Å². The van der Waals surface area contributed by atoms with Crippen LogP contribution in [0, 0.1) is 0 Å². The van der Waals surface area contributed by atoms with E-state index in [1.54, 1.807) is 28.4 Å². The molecule has 2 aromatic carbocycles. The molecule has 1 aliphatic rings. The van der Waals surface area contributed by atoms with Crippen LogP contribution in [0.4, 0.5) is 0 Å². The summed E-state index contributed by atoms with van der Waals surface area (Å²) in [7, 11) is 6.64. The van der Waals surface area contributed by atoms with Crippen molar-refractivity contribution in [3.05, 3.63) is 53.1 Å². The van der Waals surface area contributed by atoms with E-state index in [0.29, 0.717) is 29.7 Å². The maximum atomic E-state index is 5.43. The van der Waals surface area contributed by atoms with Crippen LogP contribution in [-0.2, 0) is 13.0 Å². The third kappa shape index (κ3) is 5.71. The fourth-order valence-corrected chi connectivity index (χ4v) is 3.93. The van der Waals surface area contributed by atoms with Crippen LogP contribution >= 0.6 is 24.0 Å². The zero-order valence-corrected chi connectivity index (χ0v) is 20.5. The first-order valence-electron chi connectivity index (χ1n) is 10.0. The minimum atomic E-state index is 0. The molecule has 1 atom stereocenters. The van der Waals surface area contributed by atoms with Crippen LogP contribution in [0.1, 0.15) is 35.4 Å². The molecule has 7 heteroatoms. The van der Waals surface area contributed by atoms with Crippen molar-refractivity contribution in [2.24, 2.45) is 4.99 Å².